The van der Waals surface area contributed by atoms with E-state index in [1.165, 1.54) is 11.0 Å². The number of methoxy groups -OCH3 is 1. The van der Waals surface area contributed by atoms with E-state index < -0.39 is 21.4 Å². The third-order valence-electron chi connectivity index (χ3n) is 4.22. The van der Waals surface area contributed by atoms with E-state index in [1.807, 2.05) is 24.3 Å². The third-order valence-corrected chi connectivity index (χ3v) is 4.81. The van der Waals surface area contributed by atoms with E-state index in [0.717, 1.165) is 11.3 Å². The van der Waals surface area contributed by atoms with Crippen molar-refractivity contribution >= 4 is 27.4 Å². The monoisotopic (exact) mass is 450 g/mol. The molecule has 0 atom stereocenters. The number of alkyl halides is 3. The number of nitrogens with zero attached hydrogens (tertiary/aromatic N) is 1. The van der Waals surface area contributed by atoms with Crippen LogP contribution in [0.15, 0.2) is 36.4 Å². The van der Waals surface area contributed by atoms with Gasteiger partial charge in [0.15, 0.2) is 0 Å². The molecule has 0 saturated heterocycles. The number of fused-ring (bicyclic) bond motifs is 1. The number of carbonyl (C=O) groups excluding carboxylic acids is 1. The van der Waals surface area contributed by atoms with Gasteiger partial charge >= 0.3 is 15.6 Å². The van der Waals surface area contributed by atoms with Crippen LogP contribution < -0.4 is 15.4 Å². The summed E-state index contributed by atoms with van der Waals surface area (Å²) in [6.07, 6.45) is 0.827. The number of benzene rings is 2. The van der Waals surface area contributed by atoms with Crippen molar-refractivity contribution in [2.75, 3.05) is 17.7 Å². The zero-order valence-electron chi connectivity index (χ0n) is 15.6. The van der Waals surface area contributed by atoms with Gasteiger partial charge in [-0.3, -0.25) is 9.35 Å². The fourth-order valence-electron chi connectivity index (χ4n) is 2.75. The molecule has 12 heteroatoms. The molecule has 1 heterocycles. The lowest BCUT2D eigenvalue weighted by Crippen LogP contribution is -2.35. The smallest absolute Gasteiger partial charge is 0.497 e. The van der Waals surface area contributed by atoms with Gasteiger partial charge in [0.2, 0.25) is 5.91 Å². The number of nitrogens with two attached hydrogens (primary N) is 1. The van der Waals surface area contributed by atoms with E-state index >= 15 is 0 Å². The number of hydrogen-bond acceptors (Lipinski definition) is 5. The molecule has 3 rings (SSSR count). The zero-order valence-corrected chi connectivity index (χ0v) is 16.4. The first kappa shape index (κ1) is 23.4. The van der Waals surface area contributed by atoms with Crippen molar-refractivity contribution in [3.8, 4) is 5.75 Å². The summed E-state index contributed by atoms with van der Waals surface area (Å²) in [6, 6.07) is 10.2. The lowest BCUT2D eigenvalue weighted by atomic mass is 9.98. The molecule has 7 nitrogen and oxygen atoms in total. The highest BCUT2D eigenvalue weighted by molar-refractivity contribution is 7.86. The molecule has 2 aromatic carbocycles. The number of carbonyl (C=O) groups is 1. The Morgan fingerprint density at radius 1 is 1.13 bits per heavy atom. The number of ether oxygens (including phenoxy) is 1. The van der Waals surface area contributed by atoms with Crippen LogP contribution in [0.4, 0.5) is 28.9 Å². The van der Waals surface area contributed by atoms with E-state index in [9.17, 15) is 22.4 Å². The fourth-order valence-corrected chi connectivity index (χ4v) is 2.75. The van der Waals surface area contributed by atoms with Crippen molar-refractivity contribution in [1.29, 1.82) is 0 Å². The van der Waals surface area contributed by atoms with Gasteiger partial charge in [0.25, 0.3) is 0 Å². The summed E-state index contributed by atoms with van der Waals surface area (Å²) in [6.45, 7) is 0.316. The van der Waals surface area contributed by atoms with Crippen LogP contribution in [0.5, 0.6) is 5.75 Å². The Kier molecular flexibility index (Phi) is 6.93. The van der Waals surface area contributed by atoms with E-state index in [2.05, 4.69) is 0 Å². The van der Waals surface area contributed by atoms with Crippen LogP contribution in [-0.4, -0.2) is 31.5 Å². The zero-order chi connectivity index (χ0) is 22.7. The highest BCUT2D eigenvalue weighted by Crippen LogP contribution is 2.35. The maximum absolute atomic E-state index is 14.2. The first-order valence-corrected chi connectivity index (χ1v) is 9.83. The predicted molar refractivity (Wildman–Crippen MR) is 101 cm³/mol. The number of halogens is 4. The average Bonchev–Trinajstić information content (AvgIpc) is 2.66. The topological polar surface area (TPSA) is 110 Å². The molecule has 0 aliphatic carbocycles. The van der Waals surface area contributed by atoms with E-state index in [4.69, 9.17) is 23.4 Å². The van der Waals surface area contributed by atoms with Gasteiger partial charge in [-0.05, 0) is 36.2 Å². The summed E-state index contributed by atoms with van der Waals surface area (Å²) in [7, 11) is -4.25. The summed E-state index contributed by atoms with van der Waals surface area (Å²) in [4.78, 5) is 13.7. The number of hydrogen-bond donors (Lipinski definition) is 2. The summed E-state index contributed by atoms with van der Waals surface area (Å²) >= 11 is 0. The summed E-state index contributed by atoms with van der Waals surface area (Å²) < 4.78 is 76.9. The highest BCUT2D eigenvalue weighted by atomic mass is 32.2. The quantitative estimate of drug-likeness (QED) is 0.321. The fraction of sp³-hybridized carbons (Fsp3) is 0.278. The van der Waals surface area contributed by atoms with Gasteiger partial charge in [0, 0.05) is 17.7 Å². The van der Waals surface area contributed by atoms with Gasteiger partial charge < -0.3 is 15.4 Å². The van der Waals surface area contributed by atoms with Gasteiger partial charge in [-0.1, -0.05) is 12.1 Å². The Hall–Kier alpha value is -2.86. The first-order valence-electron chi connectivity index (χ1n) is 8.39. The number of nitrogen functional groups attached to an aromatic ring is 1. The van der Waals surface area contributed by atoms with Crippen molar-refractivity contribution < 1.29 is 40.1 Å². The van der Waals surface area contributed by atoms with Gasteiger partial charge in [-0.2, -0.15) is 21.6 Å². The van der Waals surface area contributed by atoms with Crippen molar-refractivity contribution in [3.05, 3.63) is 53.3 Å². The van der Waals surface area contributed by atoms with Crippen LogP contribution in [-0.2, 0) is 27.9 Å². The minimum Gasteiger partial charge on any atom is -0.497 e. The molecule has 1 aliphatic heterocycles. The Morgan fingerprint density at radius 2 is 1.70 bits per heavy atom. The van der Waals surface area contributed by atoms with Crippen LogP contribution in [0, 0.1) is 5.82 Å². The Bertz CT molecular complexity index is 1020. The molecule has 0 bridgehead atoms. The SMILES string of the molecule is COc1ccc(CN2C(=O)CCc3c(N)ccc(F)c32)cc1.O=S(=O)(O)C(F)(F)F. The molecule has 1 amide bonds. The standard InChI is InChI=1S/C17H17FN2O2.CHF3O3S/c1-22-12-4-2-11(3-5-12)10-20-16(21)9-6-13-15(19)8-7-14(18)17(13)20;2-1(3,4)8(5,6)7/h2-5,7-8H,6,9-10,19H2,1H3;(H,5,6,7). The second kappa shape index (κ2) is 8.88. The Labute approximate surface area is 169 Å². The summed E-state index contributed by atoms with van der Waals surface area (Å²) in [5.74, 6) is 0.239. The molecule has 0 fully saturated rings. The highest BCUT2D eigenvalue weighted by Gasteiger charge is 2.44. The molecule has 164 valence electrons. The average molecular weight is 450 g/mol. The molecular formula is C18H18F4N2O5S. The van der Waals surface area contributed by atoms with Crippen molar-refractivity contribution in [1.82, 2.24) is 0 Å². The Balaban J connectivity index is 0.000000343. The van der Waals surface area contributed by atoms with Crippen molar-refractivity contribution in [2.45, 2.75) is 24.9 Å². The number of anilines is 2. The van der Waals surface area contributed by atoms with Crippen molar-refractivity contribution in [3.63, 3.8) is 0 Å². The van der Waals surface area contributed by atoms with Crippen molar-refractivity contribution in [2.24, 2.45) is 0 Å². The molecule has 0 saturated carbocycles. The van der Waals surface area contributed by atoms with Crippen LogP contribution in [0.2, 0.25) is 0 Å². The van der Waals surface area contributed by atoms with E-state index in [0.29, 0.717) is 36.3 Å². The largest absolute Gasteiger partial charge is 0.522 e. The summed E-state index contributed by atoms with van der Waals surface area (Å²) in [5, 5.41) is 0. The maximum Gasteiger partial charge on any atom is 0.522 e. The van der Waals surface area contributed by atoms with E-state index in [1.54, 1.807) is 13.2 Å². The van der Waals surface area contributed by atoms with Gasteiger partial charge in [0.05, 0.1) is 19.3 Å². The van der Waals surface area contributed by atoms with Crippen LogP contribution in [0.3, 0.4) is 0 Å². The van der Waals surface area contributed by atoms with Gasteiger partial charge in [-0.15, -0.1) is 0 Å². The normalized spacial score (nSPS) is 13.9. The lowest BCUT2D eigenvalue weighted by Gasteiger charge is -2.30. The third kappa shape index (κ3) is 5.39. The van der Waals surface area contributed by atoms with E-state index in [-0.39, 0.29) is 5.91 Å². The molecule has 0 aromatic heterocycles. The maximum atomic E-state index is 14.2. The minimum atomic E-state index is -5.84. The Morgan fingerprint density at radius 3 is 2.20 bits per heavy atom. The second-order valence-electron chi connectivity index (χ2n) is 6.21. The molecule has 30 heavy (non-hydrogen) atoms. The molecule has 0 radical (unpaired) electrons. The van der Waals surface area contributed by atoms with Crippen LogP contribution >= 0.6 is 0 Å². The molecule has 0 spiro atoms. The molecule has 2 aromatic rings. The molecular weight excluding hydrogens is 432 g/mol. The minimum absolute atomic E-state index is 0.0900. The van der Waals surface area contributed by atoms with Gasteiger partial charge in [0.1, 0.15) is 11.6 Å². The first-order chi connectivity index (χ1) is 13.8. The van der Waals surface area contributed by atoms with Crippen LogP contribution in [0.25, 0.3) is 0 Å². The molecule has 1 aliphatic rings. The summed E-state index contributed by atoms with van der Waals surface area (Å²) in [5.41, 5.74) is 2.86. The lowest BCUT2D eigenvalue weighted by molar-refractivity contribution is -0.119. The number of amides is 1. The van der Waals surface area contributed by atoms with Gasteiger partial charge in [-0.25, -0.2) is 4.39 Å². The molecule has 0 unspecified atom stereocenters. The van der Waals surface area contributed by atoms with Crippen LogP contribution in [0.1, 0.15) is 17.5 Å². The predicted octanol–water partition coefficient (Wildman–Crippen LogP) is 3.29. The second-order valence-corrected chi connectivity index (χ2v) is 7.63. The molecule has 3 N–H and O–H groups in total. The number of rotatable bonds is 3.